The van der Waals surface area contributed by atoms with Crippen LogP contribution in [0.25, 0.3) is 0 Å². The van der Waals surface area contributed by atoms with E-state index in [0.717, 1.165) is 11.6 Å². The Bertz CT molecular complexity index is 446. The lowest BCUT2D eigenvalue weighted by molar-refractivity contribution is 0.226. The highest BCUT2D eigenvalue weighted by molar-refractivity contribution is 7.99. The quantitative estimate of drug-likeness (QED) is 0.906. The largest absolute Gasteiger partial charge is 0.309 e. The fourth-order valence-corrected chi connectivity index (χ4v) is 4.44. The van der Waals surface area contributed by atoms with Crippen LogP contribution in [0.5, 0.6) is 0 Å². The Morgan fingerprint density at radius 2 is 2.10 bits per heavy atom. The number of thioether (sulfide) groups is 1. The third kappa shape index (κ3) is 3.70. The van der Waals surface area contributed by atoms with Gasteiger partial charge in [0.25, 0.3) is 0 Å². The zero-order valence-corrected chi connectivity index (χ0v) is 13.5. The molecule has 3 rings (SSSR count). The molecule has 1 saturated heterocycles. The topological polar surface area (TPSA) is 15.3 Å². The molecule has 0 bridgehead atoms. The predicted molar refractivity (Wildman–Crippen MR) is 87.8 cm³/mol. The molecule has 1 fully saturated rings. The van der Waals surface area contributed by atoms with E-state index < -0.39 is 0 Å². The van der Waals surface area contributed by atoms with Gasteiger partial charge >= 0.3 is 0 Å². The number of fused-ring (bicyclic) bond motifs is 1. The summed E-state index contributed by atoms with van der Waals surface area (Å²) in [6, 6.07) is 6.79. The molecule has 0 saturated carbocycles. The van der Waals surface area contributed by atoms with E-state index in [-0.39, 0.29) is 0 Å². The summed E-state index contributed by atoms with van der Waals surface area (Å²) < 4.78 is 0. The van der Waals surface area contributed by atoms with Crippen LogP contribution in [-0.2, 0) is 0 Å². The normalized spacial score (nSPS) is 23.6. The maximum atomic E-state index is 6.15. The van der Waals surface area contributed by atoms with Crippen molar-refractivity contribution in [2.45, 2.75) is 36.6 Å². The molecule has 2 heterocycles. The molecule has 1 N–H and O–H groups in total. The minimum absolute atomic E-state index is 0.481. The number of piperidine rings is 1. The first kappa shape index (κ1) is 14.7. The van der Waals surface area contributed by atoms with Crippen LogP contribution in [0.15, 0.2) is 23.1 Å². The summed E-state index contributed by atoms with van der Waals surface area (Å²) in [6.07, 6.45) is 5.37. The Labute approximate surface area is 131 Å². The van der Waals surface area contributed by atoms with Gasteiger partial charge in [-0.05, 0) is 61.9 Å². The highest BCUT2D eigenvalue weighted by atomic mass is 35.5. The fourth-order valence-electron chi connectivity index (χ4n) is 3.16. The van der Waals surface area contributed by atoms with Crippen LogP contribution in [0.4, 0.5) is 0 Å². The number of nitrogens with zero attached hydrogens (tertiary/aromatic N) is 1. The SMILES string of the molecule is Clc1ccc2c(c1)C(NCCN1CCCCC1)CCS2. The van der Waals surface area contributed by atoms with E-state index in [1.54, 1.807) is 0 Å². The van der Waals surface area contributed by atoms with Crippen LogP contribution >= 0.6 is 23.4 Å². The molecule has 1 aromatic carbocycles. The molecule has 2 aliphatic heterocycles. The van der Waals surface area contributed by atoms with Gasteiger partial charge in [0.05, 0.1) is 0 Å². The van der Waals surface area contributed by atoms with Crippen molar-refractivity contribution in [2.24, 2.45) is 0 Å². The number of likely N-dealkylation sites (tertiary alicyclic amines) is 1. The molecule has 0 aromatic heterocycles. The summed E-state index contributed by atoms with van der Waals surface area (Å²) in [7, 11) is 0. The molecule has 0 radical (unpaired) electrons. The average Bonchev–Trinajstić information content (AvgIpc) is 2.49. The van der Waals surface area contributed by atoms with Crippen molar-refractivity contribution in [2.75, 3.05) is 31.9 Å². The van der Waals surface area contributed by atoms with Crippen LogP contribution in [0.3, 0.4) is 0 Å². The minimum Gasteiger partial charge on any atom is -0.309 e. The Hall–Kier alpha value is -0.220. The van der Waals surface area contributed by atoms with Crippen LogP contribution < -0.4 is 5.32 Å². The van der Waals surface area contributed by atoms with Gasteiger partial charge in [-0.3, -0.25) is 0 Å². The summed E-state index contributed by atoms with van der Waals surface area (Å²) in [5, 5.41) is 4.59. The molecule has 4 heteroatoms. The van der Waals surface area contributed by atoms with E-state index in [1.807, 2.05) is 17.8 Å². The van der Waals surface area contributed by atoms with Crippen LogP contribution in [-0.4, -0.2) is 36.8 Å². The molecule has 20 heavy (non-hydrogen) atoms. The van der Waals surface area contributed by atoms with E-state index in [4.69, 9.17) is 11.6 Å². The van der Waals surface area contributed by atoms with Gasteiger partial charge in [-0.2, -0.15) is 0 Å². The summed E-state index contributed by atoms with van der Waals surface area (Å²) in [5.41, 5.74) is 1.40. The molecule has 2 nitrogen and oxygen atoms in total. The lowest BCUT2D eigenvalue weighted by atomic mass is 10.0. The molecule has 1 aromatic rings. The number of halogens is 1. The second-order valence-electron chi connectivity index (χ2n) is 5.73. The van der Waals surface area contributed by atoms with E-state index >= 15 is 0 Å². The van der Waals surface area contributed by atoms with Crippen LogP contribution in [0.2, 0.25) is 5.02 Å². The van der Waals surface area contributed by atoms with Gasteiger partial charge in [-0.1, -0.05) is 18.0 Å². The molecule has 0 aliphatic carbocycles. The number of hydrogen-bond donors (Lipinski definition) is 1. The highest BCUT2D eigenvalue weighted by Crippen LogP contribution is 2.37. The smallest absolute Gasteiger partial charge is 0.0410 e. The van der Waals surface area contributed by atoms with Gasteiger partial charge in [-0.15, -0.1) is 11.8 Å². The van der Waals surface area contributed by atoms with Gasteiger partial charge in [0.15, 0.2) is 0 Å². The monoisotopic (exact) mass is 310 g/mol. The molecular formula is C16H23ClN2S. The van der Waals surface area contributed by atoms with Crippen molar-refractivity contribution in [1.29, 1.82) is 0 Å². The van der Waals surface area contributed by atoms with Crippen LogP contribution in [0, 0.1) is 0 Å². The van der Waals surface area contributed by atoms with E-state index in [2.05, 4.69) is 22.3 Å². The number of hydrogen-bond acceptors (Lipinski definition) is 3. The molecule has 110 valence electrons. The van der Waals surface area contributed by atoms with Gasteiger partial charge < -0.3 is 10.2 Å². The van der Waals surface area contributed by atoms with Crippen molar-refractivity contribution < 1.29 is 0 Å². The van der Waals surface area contributed by atoms with Crippen molar-refractivity contribution in [3.8, 4) is 0 Å². The van der Waals surface area contributed by atoms with Gasteiger partial charge in [0.1, 0.15) is 0 Å². The highest BCUT2D eigenvalue weighted by Gasteiger charge is 2.20. The fraction of sp³-hybridized carbons (Fsp3) is 0.625. The Kier molecular flexibility index (Phi) is 5.27. The third-order valence-electron chi connectivity index (χ3n) is 4.28. The zero-order chi connectivity index (χ0) is 13.8. The van der Waals surface area contributed by atoms with Crippen LogP contribution in [0.1, 0.15) is 37.3 Å². The van der Waals surface area contributed by atoms with Gasteiger partial charge in [0.2, 0.25) is 0 Å². The van der Waals surface area contributed by atoms with Crippen molar-refractivity contribution >= 4 is 23.4 Å². The zero-order valence-electron chi connectivity index (χ0n) is 11.9. The van der Waals surface area contributed by atoms with Gasteiger partial charge in [-0.25, -0.2) is 0 Å². The summed E-state index contributed by atoms with van der Waals surface area (Å²) in [5.74, 6) is 1.20. The standard InChI is InChI=1S/C16H23ClN2S/c17-13-4-5-16-14(12-13)15(6-11-20-16)18-7-10-19-8-2-1-3-9-19/h4-5,12,15,18H,1-3,6-11H2. The minimum atomic E-state index is 0.481. The Morgan fingerprint density at radius 1 is 1.25 bits per heavy atom. The van der Waals surface area contributed by atoms with Crippen molar-refractivity contribution in [3.05, 3.63) is 28.8 Å². The maximum Gasteiger partial charge on any atom is 0.0410 e. The lowest BCUT2D eigenvalue weighted by Crippen LogP contribution is -2.37. The summed E-state index contributed by atoms with van der Waals surface area (Å²) in [4.78, 5) is 3.99. The molecule has 1 unspecified atom stereocenters. The lowest BCUT2D eigenvalue weighted by Gasteiger charge is -2.29. The third-order valence-corrected chi connectivity index (χ3v) is 5.64. The Morgan fingerprint density at radius 3 is 2.95 bits per heavy atom. The first-order chi connectivity index (χ1) is 9.83. The Balaban J connectivity index is 1.54. The molecule has 0 amide bonds. The van der Waals surface area contributed by atoms with Crippen molar-refractivity contribution in [3.63, 3.8) is 0 Å². The van der Waals surface area contributed by atoms with E-state index in [1.165, 1.54) is 61.5 Å². The number of nitrogens with one attached hydrogen (secondary N) is 1. The summed E-state index contributed by atoms with van der Waals surface area (Å²) in [6.45, 7) is 4.83. The van der Waals surface area contributed by atoms with Crippen molar-refractivity contribution in [1.82, 2.24) is 10.2 Å². The van der Waals surface area contributed by atoms with E-state index in [0.29, 0.717) is 6.04 Å². The maximum absolute atomic E-state index is 6.15. The first-order valence-corrected chi connectivity index (χ1v) is 9.07. The molecule has 2 aliphatic rings. The molecule has 0 spiro atoms. The number of rotatable bonds is 4. The second kappa shape index (κ2) is 7.17. The predicted octanol–water partition coefficient (Wildman–Crippen LogP) is 3.95. The summed E-state index contributed by atoms with van der Waals surface area (Å²) >= 11 is 8.11. The second-order valence-corrected chi connectivity index (χ2v) is 7.30. The average molecular weight is 311 g/mol. The molecule has 1 atom stereocenters. The first-order valence-electron chi connectivity index (χ1n) is 7.71. The number of benzene rings is 1. The van der Waals surface area contributed by atoms with E-state index in [9.17, 15) is 0 Å². The van der Waals surface area contributed by atoms with Gasteiger partial charge in [0, 0.05) is 29.0 Å². The molecular weight excluding hydrogens is 288 g/mol.